The van der Waals surface area contributed by atoms with E-state index in [4.69, 9.17) is 8.92 Å². The molecule has 1 N–H and O–H groups in total. The number of amides is 1. The van der Waals surface area contributed by atoms with Gasteiger partial charge in [-0.1, -0.05) is 0 Å². The number of rotatable bonds is 4. The van der Waals surface area contributed by atoms with E-state index in [9.17, 15) is 14.7 Å². The van der Waals surface area contributed by atoms with Gasteiger partial charge in [-0.25, -0.2) is 9.59 Å². The summed E-state index contributed by atoms with van der Waals surface area (Å²) in [6.45, 7) is 13.9. The predicted molar refractivity (Wildman–Crippen MR) is 91.5 cm³/mol. The second-order valence-electron chi connectivity index (χ2n) is 7.69. The molecule has 0 radical (unpaired) electrons. The van der Waals surface area contributed by atoms with Crippen molar-refractivity contribution in [3.63, 3.8) is 0 Å². The fourth-order valence-corrected chi connectivity index (χ4v) is 4.19. The molecule has 23 heavy (non-hydrogen) atoms. The highest BCUT2D eigenvalue weighted by Gasteiger charge is 2.47. The van der Waals surface area contributed by atoms with Crippen LogP contribution in [0.25, 0.3) is 0 Å². The van der Waals surface area contributed by atoms with E-state index in [1.807, 2.05) is 0 Å². The van der Waals surface area contributed by atoms with Crippen molar-refractivity contribution in [2.75, 3.05) is 12.3 Å². The first kappa shape index (κ1) is 20.1. The lowest BCUT2D eigenvalue weighted by Crippen LogP contribution is -2.43. The maximum Gasteiger partial charge on any atom is 0.411 e. The minimum atomic E-state index is -1.02. The van der Waals surface area contributed by atoms with Crippen molar-refractivity contribution in [1.29, 1.82) is 0 Å². The van der Waals surface area contributed by atoms with Gasteiger partial charge in [-0.3, -0.25) is 4.90 Å². The van der Waals surface area contributed by atoms with Crippen LogP contribution in [0, 0.1) is 0 Å². The average Bonchev–Trinajstić information content (AvgIpc) is 2.76. The lowest BCUT2D eigenvalue weighted by atomic mass is 10.2. The molecule has 0 spiro atoms. The number of ether oxygens (including phenoxy) is 1. The topological polar surface area (TPSA) is 76.1 Å². The largest absolute Gasteiger partial charge is 0.480 e. The molecule has 0 saturated carbocycles. The Labute approximate surface area is 142 Å². The minimum Gasteiger partial charge on any atom is -0.480 e. The average molecular weight is 348 g/mol. The first-order valence-corrected chi connectivity index (χ1v) is 9.27. The molecule has 1 rings (SSSR count). The first-order chi connectivity index (χ1) is 10.3. The van der Waals surface area contributed by atoms with Gasteiger partial charge in [0.1, 0.15) is 23.5 Å². The minimum absolute atomic E-state index is 0.00713. The zero-order chi connectivity index (χ0) is 18.0. The highest BCUT2D eigenvalue weighted by atomic mass is 32.2. The third-order valence-electron chi connectivity index (χ3n) is 3.37. The van der Waals surface area contributed by atoms with Crippen LogP contribution < -0.4 is 0 Å². The number of aliphatic carboxylic acids is 1. The third-order valence-corrected chi connectivity index (χ3v) is 5.77. The van der Waals surface area contributed by atoms with E-state index in [1.54, 1.807) is 20.8 Å². The van der Waals surface area contributed by atoms with Crippen LogP contribution in [0.5, 0.6) is 0 Å². The number of likely N-dealkylation sites (tertiary alicyclic amines) is 1. The van der Waals surface area contributed by atoms with Crippen LogP contribution >= 0.6 is 0 Å². The lowest BCUT2D eigenvalue weighted by molar-refractivity contribution is -0.142. The van der Waals surface area contributed by atoms with Gasteiger partial charge in [0, 0.05) is 6.42 Å². The second kappa shape index (κ2) is 7.30. The van der Waals surface area contributed by atoms with Crippen LogP contribution in [0.15, 0.2) is 0 Å². The van der Waals surface area contributed by atoms with Gasteiger partial charge in [0.05, 0.1) is 6.54 Å². The Kier molecular flexibility index (Phi) is 6.38. The van der Waals surface area contributed by atoms with Crippen LogP contribution in [0.1, 0.15) is 54.9 Å². The van der Waals surface area contributed by atoms with E-state index in [0.29, 0.717) is 6.42 Å². The molecular formula is C16H30NO5S+. The molecule has 3 atom stereocenters. The number of hydrogen-bond acceptors (Lipinski definition) is 4. The van der Waals surface area contributed by atoms with Crippen LogP contribution in [0.4, 0.5) is 4.79 Å². The summed E-state index contributed by atoms with van der Waals surface area (Å²) in [7, 11) is 0. The fraction of sp³-hybridized carbons (Fsp3) is 0.875. The summed E-state index contributed by atoms with van der Waals surface area (Å²) < 4.78 is 11.4. The van der Waals surface area contributed by atoms with Gasteiger partial charge in [0.25, 0.3) is 0 Å². The van der Waals surface area contributed by atoms with E-state index in [2.05, 4.69) is 27.7 Å². The van der Waals surface area contributed by atoms with Crippen molar-refractivity contribution >= 4 is 23.2 Å². The Bertz CT molecular complexity index is 441. The zero-order valence-corrected chi connectivity index (χ0v) is 16.0. The molecule has 1 heterocycles. The number of carbonyl (C=O) groups is 2. The van der Waals surface area contributed by atoms with Crippen molar-refractivity contribution in [1.82, 2.24) is 4.90 Å². The monoisotopic (exact) mass is 348 g/mol. The van der Waals surface area contributed by atoms with Crippen LogP contribution in [0.3, 0.4) is 0 Å². The lowest BCUT2D eigenvalue weighted by Gasteiger charge is -2.26. The van der Waals surface area contributed by atoms with Gasteiger partial charge in [-0.05, 0) is 48.5 Å². The van der Waals surface area contributed by atoms with Gasteiger partial charge in [-0.15, -0.1) is 0 Å². The molecular weight excluding hydrogens is 318 g/mol. The van der Waals surface area contributed by atoms with Crippen molar-refractivity contribution in [3.8, 4) is 0 Å². The molecule has 0 aromatic rings. The summed E-state index contributed by atoms with van der Waals surface area (Å²) in [6, 6.07) is -0.892. The molecule has 0 aliphatic carbocycles. The van der Waals surface area contributed by atoms with Crippen molar-refractivity contribution < 1.29 is 23.6 Å². The molecule has 1 fully saturated rings. The van der Waals surface area contributed by atoms with E-state index in [-0.39, 0.29) is 28.6 Å². The Morgan fingerprint density at radius 3 is 2.17 bits per heavy atom. The molecule has 134 valence electrons. The summed E-state index contributed by atoms with van der Waals surface area (Å²) in [6.07, 6.45) is -0.567. The molecule has 1 aliphatic rings. The molecule has 1 amide bonds. The fourth-order valence-electron chi connectivity index (χ4n) is 2.43. The maximum absolute atomic E-state index is 12.3. The first-order valence-electron chi connectivity index (χ1n) is 7.95. The normalized spacial score (nSPS) is 23.7. The van der Waals surface area contributed by atoms with Crippen LogP contribution in [-0.4, -0.2) is 56.9 Å². The van der Waals surface area contributed by atoms with Gasteiger partial charge in [0.15, 0.2) is 15.9 Å². The molecule has 0 bridgehead atoms. The van der Waals surface area contributed by atoms with Crippen LogP contribution in [0.2, 0.25) is 0 Å². The Morgan fingerprint density at radius 2 is 1.78 bits per heavy atom. The number of carboxylic acids is 1. The number of carboxylic acid groups (broad SMARTS) is 1. The summed E-state index contributed by atoms with van der Waals surface area (Å²) >= 11 is -0.286. The summed E-state index contributed by atoms with van der Waals surface area (Å²) in [5.74, 6) is -0.154. The summed E-state index contributed by atoms with van der Waals surface area (Å²) in [5.41, 5.74) is -0.655. The number of carbonyl (C=O) groups excluding carboxylic acids is 1. The van der Waals surface area contributed by atoms with Gasteiger partial charge < -0.3 is 9.84 Å². The second-order valence-corrected chi connectivity index (χ2v) is 10.4. The van der Waals surface area contributed by atoms with E-state index in [0.717, 1.165) is 5.75 Å². The molecule has 7 heteroatoms. The highest BCUT2D eigenvalue weighted by Crippen LogP contribution is 2.29. The quantitative estimate of drug-likeness (QED) is 0.791. The smallest absolute Gasteiger partial charge is 0.411 e. The molecule has 6 nitrogen and oxygen atoms in total. The number of nitrogens with zero attached hydrogens (tertiary/aromatic N) is 1. The Hall–Kier alpha value is -0.950. The van der Waals surface area contributed by atoms with Crippen molar-refractivity contribution in [2.45, 2.75) is 77.4 Å². The molecule has 0 aromatic carbocycles. The summed E-state index contributed by atoms with van der Waals surface area (Å²) in [5, 5.41) is 9.40. The SMILES string of the molecule is CC[S+](O[C@H]1C[C@@H](C(=O)O)N(C(=O)OC(C)(C)C)C1)C(C)(C)C. The maximum atomic E-state index is 12.3. The zero-order valence-electron chi connectivity index (χ0n) is 15.2. The summed E-state index contributed by atoms with van der Waals surface area (Å²) in [4.78, 5) is 25.0. The Balaban J connectivity index is 2.82. The molecule has 0 aromatic heterocycles. The third kappa shape index (κ3) is 5.88. The molecule has 1 aliphatic heterocycles. The van der Waals surface area contributed by atoms with Crippen molar-refractivity contribution in [3.05, 3.63) is 0 Å². The predicted octanol–water partition coefficient (Wildman–Crippen LogP) is 2.82. The van der Waals surface area contributed by atoms with Crippen LogP contribution in [-0.2, 0) is 24.9 Å². The van der Waals surface area contributed by atoms with E-state index >= 15 is 0 Å². The Morgan fingerprint density at radius 1 is 1.22 bits per heavy atom. The highest BCUT2D eigenvalue weighted by molar-refractivity contribution is 7.93. The van der Waals surface area contributed by atoms with Gasteiger partial charge in [-0.2, -0.15) is 4.18 Å². The van der Waals surface area contributed by atoms with Gasteiger partial charge in [0.2, 0.25) is 0 Å². The van der Waals surface area contributed by atoms with Crippen molar-refractivity contribution in [2.24, 2.45) is 0 Å². The van der Waals surface area contributed by atoms with E-state index in [1.165, 1.54) is 4.90 Å². The standard InChI is InChI=1S/C16H29NO5S/c1-8-23(16(5,6)7)22-11-9-12(13(18)19)17(10-11)14(20)21-15(2,3)4/h11-12H,8-10H2,1-7H3/p+1/t11-,12-,23?/m0/s1. The molecule has 1 saturated heterocycles. The molecule has 1 unspecified atom stereocenters. The number of hydrogen-bond donors (Lipinski definition) is 1. The van der Waals surface area contributed by atoms with E-state index < -0.39 is 23.7 Å². The van der Waals surface area contributed by atoms with Gasteiger partial charge >= 0.3 is 12.1 Å².